The molecule has 0 aliphatic heterocycles. The van der Waals surface area contributed by atoms with Crippen LogP contribution >= 0.6 is 23.2 Å². The number of rotatable bonds is 12. The molecular weight excluding hydrogens is 423 g/mol. The molecule has 7 heteroatoms. The summed E-state index contributed by atoms with van der Waals surface area (Å²) in [6, 6.07) is 3.55. The number of aromatic nitrogens is 1. The Hall–Kier alpha value is -1.98. The van der Waals surface area contributed by atoms with Gasteiger partial charge in [0.2, 0.25) is 5.91 Å². The summed E-state index contributed by atoms with van der Waals surface area (Å²) in [6.45, 7) is 9.13. The third-order valence-electron chi connectivity index (χ3n) is 4.89. The molecular formula is C23H30Cl2N2O3. The number of hydrogen-bond acceptors (Lipinski definition) is 3. The number of hydrogen-bond donors (Lipinski definition) is 1. The van der Waals surface area contributed by atoms with Crippen molar-refractivity contribution in [2.75, 3.05) is 6.61 Å². The van der Waals surface area contributed by atoms with Crippen LogP contribution in [0.25, 0.3) is 10.9 Å². The van der Waals surface area contributed by atoms with Gasteiger partial charge in [0.1, 0.15) is 0 Å². The van der Waals surface area contributed by atoms with Crippen molar-refractivity contribution >= 4 is 46.0 Å². The number of amides is 1. The smallest absolute Gasteiger partial charge is 0.307 e. The Balaban J connectivity index is 1.96. The van der Waals surface area contributed by atoms with E-state index in [0.29, 0.717) is 35.7 Å². The van der Waals surface area contributed by atoms with Crippen molar-refractivity contribution < 1.29 is 14.3 Å². The molecule has 164 valence electrons. The minimum atomic E-state index is -0.257. The van der Waals surface area contributed by atoms with Gasteiger partial charge in [-0.15, -0.1) is 0 Å². The molecule has 0 saturated carbocycles. The van der Waals surface area contributed by atoms with Gasteiger partial charge in [-0.05, 0) is 36.1 Å². The molecule has 0 bridgehead atoms. The van der Waals surface area contributed by atoms with Crippen LogP contribution in [0.2, 0.25) is 10.0 Å². The van der Waals surface area contributed by atoms with Gasteiger partial charge in [0, 0.05) is 30.2 Å². The lowest BCUT2D eigenvalue weighted by Crippen LogP contribution is -2.19. The summed E-state index contributed by atoms with van der Waals surface area (Å²) in [6.07, 6.45) is 7.73. The lowest BCUT2D eigenvalue weighted by Gasteiger charge is -2.08. The van der Waals surface area contributed by atoms with Crippen LogP contribution in [0.1, 0.15) is 51.5 Å². The lowest BCUT2D eigenvalue weighted by atomic mass is 10.1. The molecule has 30 heavy (non-hydrogen) atoms. The zero-order valence-corrected chi connectivity index (χ0v) is 19.2. The van der Waals surface area contributed by atoms with Gasteiger partial charge >= 0.3 is 5.97 Å². The second-order valence-corrected chi connectivity index (χ2v) is 8.58. The highest BCUT2D eigenvalue weighted by Gasteiger charge is 2.13. The van der Waals surface area contributed by atoms with E-state index in [1.807, 2.05) is 10.8 Å². The third-order valence-corrected chi connectivity index (χ3v) is 5.61. The number of nitrogens with one attached hydrogen (secondary N) is 1. The first-order valence-corrected chi connectivity index (χ1v) is 11.1. The van der Waals surface area contributed by atoms with Crippen LogP contribution in [0.15, 0.2) is 31.0 Å². The minimum Gasteiger partial charge on any atom is -0.466 e. The molecule has 0 aliphatic carbocycles. The number of nitrogens with zero attached hydrogens (tertiary/aromatic N) is 1. The normalized spacial score (nSPS) is 11.1. The van der Waals surface area contributed by atoms with Crippen molar-refractivity contribution in [2.24, 2.45) is 5.92 Å². The summed E-state index contributed by atoms with van der Waals surface area (Å²) in [5.74, 6) is 0.234. The van der Waals surface area contributed by atoms with Crippen molar-refractivity contribution in [2.45, 2.75) is 59.0 Å². The fourth-order valence-corrected chi connectivity index (χ4v) is 3.56. The van der Waals surface area contributed by atoms with Crippen LogP contribution < -0.4 is 5.32 Å². The maximum Gasteiger partial charge on any atom is 0.307 e. The molecule has 1 aromatic heterocycles. The summed E-state index contributed by atoms with van der Waals surface area (Å²) in [5, 5.41) is 4.53. The first kappa shape index (κ1) is 24.3. The van der Waals surface area contributed by atoms with Gasteiger partial charge in [-0.1, -0.05) is 62.9 Å². The number of aryl methyl sites for hydroxylation is 1. The molecule has 5 nitrogen and oxygen atoms in total. The predicted octanol–water partition coefficient (Wildman–Crippen LogP) is 5.90. The second-order valence-electron chi connectivity index (χ2n) is 7.77. The van der Waals surface area contributed by atoms with Crippen LogP contribution in [-0.4, -0.2) is 23.1 Å². The molecule has 1 N–H and O–H groups in total. The highest BCUT2D eigenvalue weighted by atomic mass is 35.5. The van der Waals surface area contributed by atoms with Crippen molar-refractivity contribution in [3.8, 4) is 0 Å². The highest BCUT2D eigenvalue weighted by molar-refractivity contribution is 6.42. The Morgan fingerprint density at radius 2 is 1.93 bits per heavy atom. The molecule has 0 spiro atoms. The summed E-state index contributed by atoms with van der Waals surface area (Å²) in [4.78, 5) is 23.6. The van der Waals surface area contributed by atoms with Crippen LogP contribution in [-0.2, 0) is 27.4 Å². The number of benzene rings is 1. The molecule has 1 aromatic carbocycles. The maximum atomic E-state index is 12.1. The van der Waals surface area contributed by atoms with Crippen molar-refractivity contribution in [1.29, 1.82) is 0 Å². The average molecular weight is 453 g/mol. The number of carbonyl (C=O) groups is 2. The second kappa shape index (κ2) is 12.0. The fraction of sp³-hybridized carbons (Fsp3) is 0.478. The fourth-order valence-electron chi connectivity index (χ4n) is 3.24. The Morgan fingerprint density at radius 3 is 2.63 bits per heavy atom. The Bertz CT molecular complexity index is 890. The van der Waals surface area contributed by atoms with E-state index in [1.54, 1.807) is 12.1 Å². The zero-order valence-electron chi connectivity index (χ0n) is 17.7. The first-order valence-electron chi connectivity index (χ1n) is 10.3. The average Bonchev–Trinajstić information content (AvgIpc) is 3.03. The molecule has 2 aromatic rings. The van der Waals surface area contributed by atoms with Crippen molar-refractivity contribution in [3.05, 3.63) is 46.6 Å². The summed E-state index contributed by atoms with van der Waals surface area (Å²) < 4.78 is 7.30. The standard InChI is InChI=1S/C23H30Cl2N2O3/c1-4-22(28)26-14-17-15-27(21-13-20(25)19(24)12-18(17)21)10-9-23(29)30-11-7-5-6-8-16(2)3/h4,12-13,15-16H,1,5-11,14H2,2-3H3,(H,26,28). The van der Waals surface area contributed by atoms with Crippen LogP contribution in [0.4, 0.5) is 0 Å². The summed E-state index contributed by atoms with van der Waals surface area (Å²) >= 11 is 12.4. The molecule has 0 radical (unpaired) electrons. The van der Waals surface area contributed by atoms with Crippen molar-refractivity contribution in [1.82, 2.24) is 9.88 Å². The van der Waals surface area contributed by atoms with Gasteiger partial charge in [0.05, 0.1) is 23.1 Å². The molecule has 1 amide bonds. The molecule has 2 rings (SSSR count). The minimum absolute atomic E-state index is 0.220. The zero-order chi connectivity index (χ0) is 22.1. The highest BCUT2D eigenvalue weighted by Crippen LogP contribution is 2.31. The molecule has 0 fully saturated rings. The van der Waals surface area contributed by atoms with E-state index < -0.39 is 0 Å². The molecule has 0 aliphatic rings. The Labute approximate surface area is 188 Å². The van der Waals surface area contributed by atoms with E-state index in [4.69, 9.17) is 27.9 Å². The van der Waals surface area contributed by atoms with Gasteiger partial charge in [-0.2, -0.15) is 0 Å². The third kappa shape index (κ3) is 7.37. The Kier molecular flexibility index (Phi) is 9.73. The van der Waals surface area contributed by atoms with Gasteiger partial charge in [-0.3, -0.25) is 9.59 Å². The summed E-state index contributed by atoms with van der Waals surface area (Å²) in [5.41, 5.74) is 1.74. The van der Waals surface area contributed by atoms with E-state index in [-0.39, 0.29) is 18.3 Å². The van der Waals surface area contributed by atoms with Gasteiger partial charge in [-0.25, -0.2) is 0 Å². The largest absolute Gasteiger partial charge is 0.466 e. The molecule has 1 heterocycles. The number of fused-ring (bicyclic) bond motifs is 1. The van der Waals surface area contributed by atoms with Crippen LogP contribution in [0.3, 0.4) is 0 Å². The quantitative estimate of drug-likeness (QED) is 0.247. The number of halogens is 2. The summed E-state index contributed by atoms with van der Waals surface area (Å²) in [7, 11) is 0. The van der Waals surface area contributed by atoms with E-state index in [2.05, 4.69) is 25.7 Å². The number of carbonyl (C=O) groups excluding carboxylic acids is 2. The first-order chi connectivity index (χ1) is 14.3. The van der Waals surface area contributed by atoms with Gasteiger partial charge in [0.25, 0.3) is 0 Å². The predicted molar refractivity (Wildman–Crippen MR) is 123 cm³/mol. The lowest BCUT2D eigenvalue weighted by molar-refractivity contribution is -0.144. The topological polar surface area (TPSA) is 60.3 Å². The monoisotopic (exact) mass is 452 g/mol. The number of unbranched alkanes of at least 4 members (excludes halogenated alkanes) is 2. The SMILES string of the molecule is C=CC(=O)NCc1cn(CCC(=O)OCCCCCC(C)C)c2cc(Cl)c(Cl)cc12. The molecule has 0 atom stereocenters. The maximum absolute atomic E-state index is 12.1. The molecule has 0 saturated heterocycles. The van der Waals surface area contributed by atoms with Crippen LogP contribution in [0, 0.1) is 5.92 Å². The van der Waals surface area contributed by atoms with E-state index in [0.717, 1.165) is 29.3 Å². The van der Waals surface area contributed by atoms with Crippen molar-refractivity contribution in [3.63, 3.8) is 0 Å². The molecule has 0 unspecified atom stereocenters. The van der Waals surface area contributed by atoms with E-state index in [1.165, 1.54) is 18.9 Å². The number of esters is 1. The Morgan fingerprint density at radius 1 is 1.20 bits per heavy atom. The number of ether oxygens (including phenoxy) is 1. The van der Waals surface area contributed by atoms with Crippen LogP contribution in [0.5, 0.6) is 0 Å². The van der Waals surface area contributed by atoms with E-state index >= 15 is 0 Å². The van der Waals surface area contributed by atoms with Gasteiger partial charge < -0.3 is 14.6 Å². The van der Waals surface area contributed by atoms with E-state index in [9.17, 15) is 9.59 Å². The van der Waals surface area contributed by atoms with Gasteiger partial charge in [0.15, 0.2) is 0 Å².